The normalized spacial score (nSPS) is 19.1. The Morgan fingerprint density at radius 1 is 1.50 bits per heavy atom. The van der Waals surface area contributed by atoms with Crippen LogP contribution in [0.4, 0.5) is 4.39 Å². The summed E-state index contributed by atoms with van der Waals surface area (Å²) in [5.74, 6) is 0.305. The van der Waals surface area contributed by atoms with Gasteiger partial charge in [-0.3, -0.25) is 0 Å². The van der Waals surface area contributed by atoms with E-state index in [0.29, 0.717) is 19.0 Å². The van der Waals surface area contributed by atoms with Crippen LogP contribution in [0.1, 0.15) is 5.56 Å². The van der Waals surface area contributed by atoms with Gasteiger partial charge in [-0.25, -0.2) is 4.39 Å². The van der Waals surface area contributed by atoms with E-state index in [-0.39, 0.29) is 16.3 Å². The third kappa shape index (κ3) is 1.53. The molecule has 0 spiro atoms. The molecule has 1 aliphatic rings. The highest BCUT2D eigenvalue weighted by molar-refractivity contribution is 7.80. The minimum atomic E-state index is -0.384. The Morgan fingerprint density at radius 3 is 2.64 bits per heavy atom. The Balaban J connectivity index is 2.36. The van der Waals surface area contributed by atoms with Crippen LogP contribution in [-0.2, 0) is 10.2 Å². The molecule has 1 nitrogen and oxygen atoms in total. The number of benzene rings is 1. The van der Waals surface area contributed by atoms with Gasteiger partial charge in [-0.15, -0.1) is 0 Å². The summed E-state index contributed by atoms with van der Waals surface area (Å²) in [4.78, 5) is 0. The molecule has 76 valence electrons. The summed E-state index contributed by atoms with van der Waals surface area (Å²) in [6.07, 6.45) is 0. The van der Waals surface area contributed by atoms with Crippen LogP contribution in [0.2, 0.25) is 5.02 Å². The van der Waals surface area contributed by atoms with E-state index in [1.807, 2.05) is 0 Å². The highest BCUT2D eigenvalue weighted by Crippen LogP contribution is 2.35. The zero-order valence-electron chi connectivity index (χ0n) is 7.46. The van der Waals surface area contributed by atoms with Crippen molar-refractivity contribution >= 4 is 24.2 Å². The van der Waals surface area contributed by atoms with Gasteiger partial charge >= 0.3 is 0 Å². The van der Waals surface area contributed by atoms with Crippen molar-refractivity contribution in [3.63, 3.8) is 0 Å². The second-order valence-corrected chi connectivity index (χ2v) is 4.28. The van der Waals surface area contributed by atoms with Crippen molar-refractivity contribution < 1.29 is 9.13 Å². The minimum absolute atomic E-state index is 0.0690. The lowest BCUT2D eigenvalue weighted by atomic mass is 9.80. The predicted molar refractivity (Wildman–Crippen MR) is 57.8 cm³/mol. The molecule has 0 saturated carbocycles. The standard InChI is InChI=1S/C10H10ClFOS/c11-8-3-7(1-2-9(8)12)10(6-14)4-13-5-10/h1-3,14H,4-6H2. The maximum atomic E-state index is 12.9. The van der Waals surface area contributed by atoms with Crippen molar-refractivity contribution in [2.75, 3.05) is 19.0 Å². The number of rotatable bonds is 2. The quantitative estimate of drug-likeness (QED) is 0.772. The van der Waals surface area contributed by atoms with Gasteiger partial charge in [-0.2, -0.15) is 12.6 Å². The number of ether oxygens (including phenoxy) is 1. The van der Waals surface area contributed by atoms with Crippen molar-refractivity contribution in [2.24, 2.45) is 0 Å². The molecular formula is C10H10ClFOS. The van der Waals surface area contributed by atoms with Gasteiger partial charge in [0.2, 0.25) is 0 Å². The summed E-state index contributed by atoms with van der Waals surface area (Å²) in [6.45, 7) is 1.27. The molecule has 1 aromatic rings. The Labute approximate surface area is 92.6 Å². The smallest absolute Gasteiger partial charge is 0.141 e. The van der Waals surface area contributed by atoms with Gasteiger partial charge in [0.15, 0.2) is 0 Å². The first-order chi connectivity index (χ1) is 6.68. The summed E-state index contributed by atoms with van der Waals surface area (Å²) in [5, 5.41) is 0.163. The van der Waals surface area contributed by atoms with Crippen LogP contribution in [0.5, 0.6) is 0 Å². The SMILES string of the molecule is Fc1ccc(C2(CS)COC2)cc1Cl. The van der Waals surface area contributed by atoms with Crippen LogP contribution < -0.4 is 0 Å². The maximum absolute atomic E-state index is 12.9. The first kappa shape index (κ1) is 10.3. The third-order valence-corrected chi connectivity index (χ3v) is 3.49. The molecule has 0 aromatic heterocycles. The fraction of sp³-hybridized carbons (Fsp3) is 0.400. The van der Waals surface area contributed by atoms with Gasteiger partial charge in [-0.1, -0.05) is 17.7 Å². The van der Waals surface area contributed by atoms with Crippen molar-refractivity contribution in [3.05, 3.63) is 34.6 Å². The summed E-state index contributed by atoms with van der Waals surface area (Å²) >= 11 is 10.0. The number of hydrogen-bond donors (Lipinski definition) is 1. The fourth-order valence-electron chi connectivity index (χ4n) is 1.52. The molecule has 0 atom stereocenters. The predicted octanol–water partition coefficient (Wildman–Crippen LogP) is 2.68. The van der Waals surface area contributed by atoms with Crippen molar-refractivity contribution in [1.82, 2.24) is 0 Å². The van der Waals surface area contributed by atoms with Crippen molar-refractivity contribution in [3.8, 4) is 0 Å². The van der Waals surface area contributed by atoms with Crippen LogP contribution in [0.3, 0.4) is 0 Å². The Hall–Kier alpha value is -0.250. The highest BCUT2D eigenvalue weighted by Gasteiger charge is 2.39. The lowest BCUT2D eigenvalue weighted by molar-refractivity contribution is -0.0471. The first-order valence-corrected chi connectivity index (χ1v) is 5.33. The summed E-state index contributed by atoms with van der Waals surface area (Å²) < 4.78 is 18.1. The van der Waals surface area contributed by atoms with E-state index in [9.17, 15) is 4.39 Å². The molecule has 0 unspecified atom stereocenters. The molecule has 0 N–H and O–H groups in total. The molecule has 1 aromatic carbocycles. The second kappa shape index (κ2) is 3.72. The fourth-order valence-corrected chi connectivity index (χ4v) is 2.07. The van der Waals surface area contributed by atoms with Gasteiger partial charge in [-0.05, 0) is 17.7 Å². The van der Waals surface area contributed by atoms with Crippen LogP contribution >= 0.6 is 24.2 Å². The first-order valence-electron chi connectivity index (χ1n) is 4.32. The average molecular weight is 233 g/mol. The lowest BCUT2D eigenvalue weighted by Crippen LogP contribution is -2.48. The largest absolute Gasteiger partial charge is 0.379 e. The topological polar surface area (TPSA) is 9.23 Å². The highest BCUT2D eigenvalue weighted by atomic mass is 35.5. The zero-order chi connectivity index (χ0) is 10.2. The Kier molecular flexibility index (Phi) is 2.73. The van der Waals surface area contributed by atoms with Gasteiger partial charge in [0.1, 0.15) is 5.82 Å². The van der Waals surface area contributed by atoms with Gasteiger partial charge in [0.05, 0.1) is 23.7 Å². The molecule has 0 bridgehead atoms. The summed E-state index contributed by atoms with van der Waals surface area (Å²) in [5.41, 5.74) is 0.936. The molecule has 0 aliphatic carbocycles. The van der Waals surface area contributed by atoms with Gasteiger partial charge < -0.3 is 4.74 Å². The van der Waals surface area contributed by atoms with E-state index in [4.69, 9.17) is 16.3 Å². The van der Waals surface area contributed by atoms with E-state index in [2.05, 4.69) is 12.6 Å². The molecule has 4 heteroatoms. The average Bonchev–Trinajstić information content (AvgIpc) is 2.10. The molecule has 0 radical (unpaired) electrons. The molecule has 1 aliphatic heterocycles. The molecule has 1 fully saturated rings. The van der Waals surface area contributed by atoms with Crippen LogP contribution in [-0.4, -0.2) is 19.0 Å². The van der Waals surface area contributed by atoms with E-state index < -0.39 is 0 Å². The summed E-state index contributed by atoms with van der Waals surface area (Å²) in [6, 6.07) is 4.80. The van der Waals surface area contributed by atoms with E-state index in [0.717, 1.165) is 5.56 Å². The van der Waals surface area contributed by atoms with E-state index in [1.165, 1.54) is 6.07 Å². The van der Waals surface area contributed by atoms with Gasteiger partial charge in [0.25, 0.3) is 0 Å². The molecule has 2 rings (SSSR count). The third-order valence-electron chi connectivity index (χ3n) is 2.59. The molecule has 1 saturated heterocycles. The van der Waals surface area contributed by atoms with Crippen molar-refractivity contribution in [1.29, 1.82) is 0 Å². The molecule has 0 amide bonds. The van der Waals surface area contributed by atoms with Crippen LogP contribution in [0, 0.1) is 5.82 Å². The number of thiol groups is 1. The molecular weight excluding hydrogens is 223 g/mol. The maximum Gasteiger partial charge on any atom is 0.141 e. The number of hydrogen-bond acceptors (Lipinski definition) is 2. The van der Waals surface area contributed by atoms with Gasteiger partial charge in [0, 0.05) is 5.75 Å². The molecule has 1 heterocycles. The van der Waals surface area contributed by atoms with Crippen LogP contribution in [0.25, 0.3) is 0 Å². The Bertz CT molecular complexity index is 346. The minimum Gasteiger partial charge on any atom is -0.379 e. The number of halogens is 2. The molecule has 14 heavy (non-hydrogen) atoms. The van der Waals surface area contributed by atoms with E-state index >= 15 is 0 Å². The Morgan fingerprint density at radius 2 is 2.21 bits per heavy atom. The second-order valence-electron chi connectivity index (χ2n) is 3.56. The lowest BCUT2D eigenvalue weighted by Gasteiger charge is -2.40. The summed E-state index contributed by atoms with van der Waals surface area (Å²) in [7, 11) is 0. The monoisotopic (exact) mass is 232 g/mol. The van der Waals surface area contributed by atoms with Crippen LogP contribution in [0.15, 0.2) is 18.2 Å². The van der Waals surface area contributed by atoms with E-state index in [1.54, 1.807) is 12.1 Å². The zero-order valence-corrected chi connectivity index (χ0v) is 9.12. The van der Waals surface area contributed by atoms with Crippen molar-refractivity contribution in [2.45, 2.75) is 5.41 Å².